The summed E-state index contributed by atoms with van der Waals surface area (Å²) >= 11 is 0. The molecule has 12 nitrogen and oxygen atoms in total. The van der Waals surface area contributed by atoms with Crippen LogP contribution in [0.25, 0.3) is 10.8 Å². The minimum Gasteiger partial charge on any atom is -0.445 e. The van der Waals surface area contributed by atoms with E-state index in [0.29, 0.717) is 25.1 Å². The van der Waals surface area contributed by atoms with Crippen LogP contribution in [0.3, 0.4) is 0 Å². The number of carbonyl (C=O) groups excluding carboxylic acids is 4. The third kappa shape index (κ3) is 13.0. The van der Waals surface area contributed by atoms with E-state index in [9.17, 15) is 24.3 Å². The number of pyridine rings is 2. The van der Waals surface area contributed by atoms with Crippen LogP contribution in [0.15, 0.2) is 122 Å². The lowest BCUT2D eigenvalue weighted by molar-refractivity contribution is -0.131. The number of amides is 4. The van der Waals surface area contributed by atoms with Crippen LogP contribution in [0.1, 0.15) is 49.2 Å². The van der Waals surface area contributed by atoms with Crippen LogP contribution in [0.2, 0.25) is 0 Å². The molecule has 0 spiro atoms. The lowest BCUT2D eigenvalue weighted by Gasteiger charge is -2.29. The molecule has 56 heavy (non-hydrogen) atoms. The molecular weight excluding hydrogens is 709 g/mol. The van der Waals surface area contributed by atoms with Gasteiger partial charge in [0.25, 0.3) is 0 Å². The van der Waals surface area contributed by atoms with Crippen molar-refractivity contribution in [3.8, 4) is 0 Å². The lowest BCUT2D eigenvalue weighted by atomic mass is 9.96. The minimum absolute atomic E-state index is 0.00180. The normalized spacial score (nSPS) is 13.2. The van der Waals surface area contributed by atoms with E-state index in [4.69, 9.17) is 4.74 Å². The number of aromatic nitrogens is 2. The lowest BCUT2D eigenvalue weighted by Crippen LogP contribution is -2.57. The summed E-state index contributed by atoms with van der Waals surface area (Å²) < 4.78 is 5.49. The average Bonchev–Trinajstić information content (AvgIpc) is 3.20. The molecule has 5 N–H and O–H groups in total. The van der Waals surface area contributed by atoms with Gasteiger partial charge in [0, 0.05) is 49.6 Å². The molecule has 3 aromatic carbocycles. The summed E-state index contributed by atoms with van der Waals surface area (Å²) in [5.74, 6) is -1.49. The van der Waals surface area contributed by atoms with Crippen molar-refractivity contribution in [1.29, 1.82) is 0 Å². The first kappa shape index (κ1) is 41.0. The Hall–Kier alpha value is -6.14. The molecule has 0 saturated heterocycles. The maximum atomic E-state index is 14.3. The van der Waals surface area contributed by atoms with Crippen LogP contribution in [0, 0.1) is 5.92 Å². The van der Waals surface area contributed by atoms with E-state index in [2.05, 4.69) is 31.2 Å². The molecule has 0 saturated carbocycles. The zero-order valence-electron chi connectivity index (χ0n) is 31.8. The predicted molar refractivity (Wildman–Crippen MR) is 214 cm³/mol. The highest BCUT2D eigenvalue weighted by Gasteiger charge is 2.32. The Morgan fingerprint density at radius 3 is 2.05 bits per heavy atom. The fourth-order valence-electron chi connectivity index (χ4n) is 6.40. The second-order valence-corrected chi connectivity index (χ2v) is 14.1. The fourth-order valence-corrected chi connectivity index (χ4v) is 6.40. The van der Waals surface area contributed by atoms with Crippen LogP contribution in [-0.2, 0) is 45.0 Å². The first-order valence-electron chi connectivity index (χ1n) is 18.9. The third-order valence-electron chi connectivity index (χ3n) is 9.24. The summed E-state index contributed by atoms with van der Waals surface area (Å²) in [6.07, 6.45) is 2.08. The van der Waals surface area contributed by atoms with Gasteiger partial charge < -0.3 is 31.1 Å². The SMILES string of the molecule is CC(C)C[C@H](NC(=O)C(Cc1ccccn1)NC(=O)[C@H](Cc1cccc2ccccc12)NC(=O)OCc1ccccc1)[C@@H](O)CC(=O)NCCc1ccccn1. The molecule has 0 fully saturated rings. The molecule has 12 heteroatoms. The first-order valence-corrected chi connectivity index (χ1v) is 18.9. The number of aliphatic hydroxyl groups excluding tert-OH is 1. The molecule has 0 aliphatic rings. The number of hydrogen-bond acceptors (Lipinski definition) is 8. The highest BCUT2D eigenvalue weighted by molar-refractivity contribution is 5.93. The minimum atomic E-state index is -1.21. The Morgan fingerprint density at radius 1 is 0.696 bits per heavy atom. The van der Waals surface area contributed by atoms with Gasteiger partial charge in [-0.05, 0) is 58.5 Å². The van der Waals surface area contributed by atoms with Gasteiger partial charge in [0.05, 0.1) is 18.6 Å². The van der Waals surface area contributed by atoms with Crippen LogP contribution in [0.4, 0.5) is 4.79 Å². The van der Waals surface area contributed by atoms with E-state index in [1.165, 1.54) is 0 Å². The quantitative estimate of drug-likeness (QED) is 0.0797. The van der Waals surface area contributed by atoms with Gasteiger partial charge in [-0.1, -0.05) is 98.8 Å². The van der Waals surface area contributed by atoms with E-state index >= 15 is 0 Å². The van der Waals surface area contributed by atoms with E-state index in [0.717, 1.165) is 27.6 Å². The number of nitrogens with one attached hydrogen (secondary N) is 4. The number of rotatable bonds is 19. The zero-order valence-corrected chi connectivity index (χ0v) is 31.8. The Balaban J connectivity index is 1.32. The van der Waals surface area contributed by atoms with Crippen molar-refractivity contribution in [2.45, 2.75) is 76.8 Å². The highest BCUT2D eigenvalue weighted by atomic mass is 16.5. The Kier molecular flexibility index (Phi) is 15.4. The number of carbonyl (C=O) groups is 4. The molecule has 0 aliphatic heterocycles. The average molecular weight is 759 g/mol. The van der Waals surface area contributed by atoms with Crippen LogP contribution < -0.4 is 21.3 Å². The van der Waals surface area contributed by atoms with Crippen molar-refractivity contribution in [2.75, 3.05) is 6.54 Å². The molecule has 2 heterocycles. The summed E-state index contributed by atoms with van der Waals surface area (Å²) in [5.41, 5.74) is 2.97. The second kappa shape index (κ2) is 21.1. The molecule has 292 valence electrons. The van der Waals surface area contributed by atoms with Gasteiger partial charge in [-0.3, -0.25) is 24.4 Å². The van der Waals surface area contributed by atoms with E-state index < -0.39 is 42.1 Å². The number of alkyl carbamates (subject to hydrolysis) is 1. The molecule has 4 atom stereocenters. The summed E-state index contributed by atoms with van der Waals surface area (Å²) in [4.78, 5) is 63.1. The molecule has 5 aromatic rings. The van der Waals surface area contributed by atoms with Crippen molar-refractivity contribution in [3.63, 3.8) is 0 Å². The van der Waals surface area contributed by atoms with Crippen LogP contribution in [-0.4, -0.2) is 69.7 Å². The van der Waals surface area contributed by atoms with Crippen LogP contribution in [0.5, 0.6) is 0 Å². The molecule has 2 aromatic heterocycles. The Morgan fingerprint density at radius 2 is 1.34 bits per heavy atom. The maximum absolute atomic E-state index is 14.3. The largest absolute Gasteiger partial charge is 0.445 e. The topological polar surface area (TPSA) is 172 Å². The number of fused-ring (bicyclic) bond motifs is 1. The molecule has 1 unspecified atom stereocenters. The van der Waals surface area contributed by atoms with Gasteiger partial charge in [0.2, 0.25) is 17.7 Å². The Bertz CT molecular complexity index is 2010. The van der Waals surface area contributed by atoms with E-state index in [1.54, 1.807) is 30.6 Å². The number of benzene rings is 3. The number of aliphatic hydroxyl groups is 1. The van der Waals surface area contributed by atoms with Gasteiger partial charge in [0.1, 0.15) is 18.7 Å². The first-order chi connectivity index (χ1) is 27.1. The summed E-state index contributed by atoms with van der Waals surface area (Å²) in [6.45, 7) is 4.25. The molecule has 0 bridgehead atoms. The van der Waals surface area contributed by atoms with Crippen LogP contribution >= 0.6 is 0 Å². The van der Waals surface area contributed by atoms with Gasteiger partial charge in [-0.2, -0.15) is 0 Å². The summed E-state index contributed by atoms with van der Waals surface area (Å²) in [7, 11) is 0. The second-order valence-electron chi connectivity index (χ2n) is 14.1. The number of ether oxygens (including phenoxy) is 1. The molecular formula is C44H50N6O6. The van der Waals surface area contributed by atoms with Crippen molar-refractivity contribution in [1.82, 2.24) is 31.2 Å². The van der Waals surface area contributed by atoms with E-state index in [1.807, 2.05) is 105 Å². The van der Waals surface area contributed by atoms with Gasteiger partial charge >= 0.3 is 6.09 Å². The zero-order chi connectivity index (χ0) is 39.7. The van der Waals surface area contributed by atoms with E-state index in [-0.39, 0.29) is 37.7 Å². The molecule has 4 amide bonds. The summed E-state index contributed by atoms with van der Waals surface area (Å²) in [5, 5.41) is 24.5. The number of nitrogens with zero attached hydrogens (tertiary/aromatic N) is 2. The van der Waals surface area contributed by atoms with Crippen molar-refractivity contribution in [3.05, 3.63) is 144 Å². The fraction of sp³-hybridized carbons (Fsp3) is 0.318. The maximum Gasteiger partial charge on any atom is 0.408 e. The highest BCUT2D eigenvalue weighted by Crippen LogP contribution is 2.20. The van der Waals surface area contributed by atoms with Gasteiger partial charge in [-0.15, -0.1) is 0 Å². The predicted octanol–water partition coefficient (Wildman–Crippen LogP) is 4.84. The molecule has 0 aliphatic carbocycles. The summed E-state index contributed by atoms with van der Waals surface area (Å²) in [6, 6.07) is 30.5. The van der Waals surface area contributed by atoms with Crippen molar-refractivity contribution in [2.24, 2.45) is 5.92 Å². The molecule has 0 radical (unpaired) electrons. The monoisotopic (exact) mass is 758 g/mol. The Labute approximate surface area is 327 Å². The third-order valence-corrected chi connectivity index (χ3v) is 9.24. The van der Waals surface area contributed by atoms with Crippen molar-refractivity contribution >= 4 is 34.6 Å². The van der Waals surface area contributed by atoms with Gasteiger partial charge in [0.15, 0.2) is 0 Å². The molecule has 5 rings (SSSR count). The van der Waals surface area contributed by atoms with Crippen molar-refractivity contribution < 1.29 is 29.0 Å². The van der Waals surface area contributed by atoms with Gasteiger partial charge in [-0.25, -0.2) is 4.79 Å². The smallest absolute Gasteiger partial charge is 0.408 e. The standard InChI is InChI=1S/C44H50N6O6/c1-30(2)25-37(40(51)28-41(52)47-24-21-34-18-8-10-22-45-34)48-43(54)39(27-35-19-9-11-23-46-35)49-42(53)38(50-44(55)56-29-31-13-4-3-5-14-31)26-33-17-12-16-32-15-6-7-20-36(32)33/h3-20,22-23,30,37-40,51H,21,24-29H2,1-2H3,(H,47,52)(H,48,54)(H,49,53)(H,50,55)/t37-,38-,39?,40-/m0/s1. The number of hydrogen-bond donors (Lipinski definition) is 5.